The van der Waals surface area contributed by atoms with E-state index in [1.807, 2.05) is 65.8 Å². The summed E-state index contributed by atoms with van der Waals surface area (Å²) in [6.07, 6.45) is 6.89. The predicted octanol–water partition coefficient (Wildman–Crippen LogP) is 10.2. The second-order valence-electron chi connectivity index (χ2n) is 25.0. The van der Waals surface area contributed by atoms with E-state index in [1.54, 1.807) is 9.80 Å². The normalized spacial score (nSPS) is 18.6. The lowest BCUT2D eigenvalue weighted by Crippen LogP contribution is -2.67. The molecule has 4 aromatic rings. The van der Waals surface area contributed by atoms with E-state index < -0.39 is 52.1 Å². The molecule has 2 N–H and O–H groups in total. The Kier molecular flexibility index (Phi) is 20.4. The summed E-state index contributed by atoms with van der Waals surface area (Å²) in [5.41, 5.74) is -1.44. The SMILES string of the molecule is CC(C)(C)OC(=O)N1C[C@H](O[Si](c2ccccc2)(c2ccccc2)C(C)(C)C)C[C@H]1C(=O)NCCCCCCCCCCNC(=O)[C@@H]1C[C@@H](O[Si](c2ccccc2)(c2ccccc2)C(C)(C)C)CN1C(=O)OC(C)(C)C. The van der Waals surface area contributed by atoms with E-state index in [0.717, 1.165) is 72.1 Å². The minimum Gasteiger partial charge on any atom is -0.444 e. The average molecular weight is 1080 g/mol. The second-order valence-corrected chi connectivity index (χ2v) is 33.5. The van der Waals surface area contributed by atoms with Gasteiger partial charge in [0.25, 0.3) is 16.6 Å². The summed E-state index contributed by atoms with van der Waals surface area (Å²) >= 11 is 0. The molecule has 4 aromatic carbocycles. The molecule has 4 amide bonds. The first-order valence-electron chi connectivity index (χ1n) is 28.0. The van der Waals surface area contributed by atoms with Gasteiger partial charge in [-0.15, -0.1) is 0 Å². The van der Waals surface area contributed by atoms with Crippen LogP contribution in [-0.4, -0.2) is 112 Å². The van der Waals surface area contributed by atoms with Gasteiger partial charge in [0, 0.05) is 39.0 Å². The van der Waals surface area contributed by atoms with Crippen LogP contribution in [-0.2, 0) is 27.9 Å². The first-order valence-corrected chi connectivity index (χ1v) is 31.8. The minimum absolute atomic E-state index is 0.180. The number of nitrogens with one attached hydrogen (secondary N) is 2. The number of carbonyl (C=O) groups excluding carboxylic acids is 4. The zero-order valence-electron chi connectivity index (χ0n) is 47.9. The van der Waals surface area contributed by atoms with Crippen LogP contribution in [0.25, 0.3) is 0 Å². The van der Waals surface area contributed by atoms with Gasteiger partial charge in [-0.1, -0.05) is 201 Å². The van der Waals surface area contributed by atoms with Gasteiger partial charge >= 0.3 is 12.2 Å². The number of rotatable bonds is 21. The third kappa shape index (κ3) is 15.3. The zero-order chi connectivity index (χ0) is 55.4. The van der Waals surface area contributed by atoms with Crippen LogP contribution in [0.3, 0.4) is 0 Å². The van der Waals surface area contributed by atoms with Gasteiger partial charge in [0.2, 0.25) is 11.8 Å². The van der Waals surface area contributed by atoms with Gasteiger partial charge in [0.15, 0.2) is 0 Å². The number of hydrogen-bond acceptors (Lipinski definition) is 8. The molecule has 0 radical (unpaired) electrons. The average Bonchev–Trinajstić information content (AvgIpc) is 4.00. The highest BCUT2D eigenvalue weighted by molar-refractivity contribution is 7.00. The monoisotopic (exact) mass is 1070 g/mol. The lowest BCUT2D eigenvalue weighted by atomic mass is 10.1. The zero-order valence-corrected chi connectivity index (χ0v) is 49.9. The van der Waals surface area contributed by atoms with E-state index in [1.165, 1.54) is 0 Å². The Morgan fingerprint density at radius 1 is 0.434 bits per heavy atom. The third-order valence-corrected chi connectivity index (χ3v) is 24.8. The predicted molar refractivity (Wildman–Crippen MR) is 311 cm³/mol. The molecule has 0 spiro atoms. The first-order chi connectivity index (χ1) is 35.9. The number of amides is 4. The minimum atomic E-state index is -2.94. The smallest absolute Gasteiger partial charge is 0.411 e. The number of carbonyl (C=O) groups is 4. The molecule has 2 heterocycles. The van der Waals surface area contributed by atoms with Crippen molar-refractivity contribution >= 4 is 61.4 Å². The van der Waals surface area contributed by atoms with Crippen LogP contribution >= 0.6 is 0 Å². The van der Waals surface area contributed by atoms with E-state index in [2.05, 4.69) is 149 Å². The quantitative estimate of drug-likeness (QED) is 0.0622. The molecule has 76 heavy (non-hydrogen) atoms. The summed E-state index contributed by atoms with van der Waals surface area (Å²) in [4.78, 5) is 58.6. The molecule has 2 aliphatic rings. The van der Waals surface area contributed by atoms with Crippen molar-refractivity contribution in [3.63, 3.8) is 0 Å². The Morgan fingerprint density at radius 3 is 0.947 bits per heavy atom. The van der Waals surface area contributed by atoms with Gasteiger partial charge in [-0.3, -0.25) is 19.4 Å². The Morgan fingerprint density at radius 2 is 0.697 bits per heavy atom. The Bertz CT molecular complexity index is 2220. The molecule has 2 saturated heterocycles. The number of unbranched alkanes of at least 4 members (excludes halogenated alkanes) is 7. The molecular weight excluding hydrogens is 985 g/mol. The molecule has 6 rings (SSSR count). The van der Waals surface area contributed by atoms with Crippen molar-refractivity contribution in [2.45, 2.75) is 193 Å². The van der Waals surface area contributed by atoms with Crippen molar-refractivity contribution in [1.82, 2.24) is 20.4 Å². The van der Waals surface area contributed by atoms with Crippen molar-refractivity contribution in [1.29, 1.82) is 0 Å². The van der Waals surface area contributed by atoms with Crippen LogP contribution in [0, 0.1) is 0 Å². The van der Waals surface area contributed by atoms with Crippen LogP contribution in [0.4, 0.5) is 9.59 Å². The molecule has 2 aliphatic heterocycles. The highest BCUT2D eigenvalue weighted by atomic mass is 28.4. The molecule has 14 heteroatoms. The molecule has 4 atom stereocenters. The van der Waals surface area contributed by atoms with Gasteiger partial charge in [-0.25, -0.2) is 9.59 Å². The van der Waals surface area contributed by atoms with Crippen LogP contribution in [0.1, 0.15) is 147 Å². The standard InChI is InChI=1S/C62H90N4O8Si2/c1-59(2,3)71-57(69)65-45-47(73-75(61(7,8)9,49-33-23-19-24-34-49)50-35-25-20-26-36-50)43-53(65)55(67)63-41-31-17-15-13-14-16-18-32-42-64-56(68)54-44-48(46-66(54)58(70)72-60(4,5)6)74-76(62(10,11)12,51-37-27-21-28-38-51)52-39-29-22-30-40-52/h19-30,33-40,47-48,53-54H,13-18,31-32,41-46H2,1-12H3,(H,63,67)(H,64,68)/t47-,48-,53+,54+/m1/s1. The highest BCUT2D eigenvalue weighted by Gasteiger charge is 2.55. The van der Waals surface area contributed by atoms with Crippen molar-refractivity contribution < 1.29 is 37.5 Å². The molecule has 0 unspecified atom stereocenters. The van der Waals surface area contributed by atoms with Crippen LogP contribution in [0.5, 0.6) is 0 Å². The fourth-order valence-electron chi connectivity index (χ4n) is 11.2. The molecule has 0 aliphatic carbocycles. The largest absolute Gasteiger partial charge is 0.444 e. The van der Waals surface area contributed by atoms with Crippen molar-refractivity contribution in [3.8, 4) is 0 Å². The fraction of sp³-hybridized carbons (Fsp3) is 0.548. The topological polar surface area (TPSA) is 136 Å². The van der Waals surface area contributed by atoms with Crippen LogP contribution in [0.2, 0.25) is 10.1 Å². The van der Waals surface area contributed by atoms with Gasteiger partial charge < -0.3 is 29.0 Å². The van der Waals surface area contributed by atoms with E-state index in [4.69, 9.17) is 18.3 Å². The summed E-state index contributed by atoms with van der Waals surface area (Å²) in [5.74, 6) is -0.360. The van der Waals surface area contributed by atoms with E-state index in [9.17, 15) is 19.2 Å². The third-order valence-electron chi connectivity index (χ3n) is 14.6. The first kappa shape index (κ1) is 60.0. The molecule has 414 valence electrons. The Balaban J connectivity index is 0.963. The summed E-state index contributed by atoms with van der Waals surface area (Å²) < 4.78 is 26.5. The maximum Gasteiger partial charge on any atom is 0.411 e. The summed E-state index contributed by atoms with van der Waals surface area (Å²) in [5, 5.41) is 10.4. The molecule has 2 fully saturated rings. The Hall–Kier alpha value is -5.29. The molecule has 0 aromatic heterocycles. The number of benzene rings is 4. The van der Waals surface area contributed by atoms with Crippen molar-refractivity contribution in [3.05, 3.63) is 121 Å². The van der Waals surface area contributed by atoms with Gasteiger partial charge in [0.05, 0.1) is 12.2 Å². The number of hydrogen-bond donors (Lipinski definition) is 2. The maximum atomic E-state index is 14.0. The second kappa shape index (κ2) is 25.9. The number of likely N-dealkylation sites (tertiary alicyclic amines) is 2. The van der Waals surface area contributed by atoms with E-state index in [0.29, 0.717) is 25.9 Å². The molecule has 0 saturated carbocycles. The highest BCUT2D eigenvalue weighted by Crippen LogP contribution is 2.41. The van der Waals surface area contributed by atoms with Crippen LogP contribution < -0.4 is 31.4 Å². The fourth-order valence-corrected chi connectivity index (χ4v) is 20.5. The van der Waals surface area contributed by atoms with E-state index in [-0.39, 0.29) is 47.2 Å². The molecule has 12 nitrogen and oxygen atoms in total. The van der Waals surface area contributed by atoms with Crippen molar-refractivity contribution in [2.75, 3.05) is 26.2 Å². The summed E-state index contributed by atoms with van der Waals surface area (Å²) in [6.45, 7) is 26.0. The van der Waals surface area contributed by atoms with Crippen molar-refractivity contribution in [2.24, 2.45) is 0 Å². The van der Waals surface area contributed by atoms with Gasteiger partial charge in [-0.2, -0.15) is 0 Å². The number of nitrogens with zero attached hydrogens (tertiary/aromatic N) is 2. The van der Waals surface area contributed by atoms with Crippen LogP contribution in [0.15, 0.2) is 121 Å². The summed E-state index contributed by atoms with van der Waals surface area (Å²) in [7, 11) is -5.89. The summed E-state index contributed by atoms with van der Waals surface area (Å²) in [6, 6.07) is 40.3. The lowest BCUT2D eigenvalue weighted by Gasteiger charge is -2.44. The lowest BCUT2D eigenvalue weighted by molar-refractivity contribution is -0.126. The Labute approximate surface area is 457 Å². The van der Waals surface area contributed by atoms with Gasteiger partial charge in [-0.05, 0) is 85.2 Å². The maximum absolute atomic E-state index is 14.0. The number of ether oxygens (including phenoxy) is 2. The van der Waals surface area contributed by atoms with Gasteiger partial charge in [0.1, 0.15) is 23.3 Å². The molecular formula is C62H90N4O8Si2. The molecule has 0 bridgehead atoms. The van der Waals surface area contributed by atoms with E-state index >= 15 is 0 Å².